The number of pyridine rings is 1. The number of hydrogen-bond acceptors (Lipinski definition) is 11. The molecule has 0 saturated carbocycles. The van der Waals surface area contributed by atoms with Crippen LogP contribution in [0.15, 0.2) is 39.4 Å². The van der Waals surface area contributed by atoms with Crippen molar-refractivity contribution in [1.82, 2.24) is 14.9 Å². The van der Waals surface area contributed by atoms with Crippen LogP contribution in [0.5, 0.6) is 0 Å². The molecule has 13 heteroatoms. The predicted octanol–water partition coefficient (Wildman–Crippen LogP) is 2.10. The molecule has 0 spiro atoms. The van der Waals surface area contributed by atoms with Crippen LogP contribution in [0.1, 0.15) is 28.5 Å². The van der Waals surface area contributed by atoms with Crippen molar-refractivity contribution in [3.63, 3.8) is 0 Å². The van der Waals surface area contributed by atoms with Crippen LogP contribution < -0.4 is 9.62 Å². The van der Waals surface area contributed by atoms with Gasteiger partial charge in [0.15, 0.2) is 0 Å². The molecule has 11 nitrogen and oxygen atoms in total. The summed E-state index contributed by atoms with van der Waals surface area (Å²) in [5.41, 5.74) is 1.54. The number of thiophene rings is 1. The zero-order chi connectivity index (χ0) is 24.5. The van der Waals surface area contributed by atoms with Crippen LogP contribution in [0.25, 0.3) is 10.6 Å². The summed E-state index contributed by atoms with van der Waals surface area (Å²) in [5.74, 6) is -1.94. The molecule has 1 fully saturated rings. The average Bonchev–Trinajstić information content (AvgIpc) is 3.45. The second kappa shape index (κ2) is 9.24. The Balaban J connectivity index is 1.48. The van der Waals surface area contributed by atoms with Crippen molar-refractivity contribution in [1.29, 1.82) is 5.26 Å². The second-order valence-electron chi connectivity index (χ2n) is 7.39. The van der Waals surface area contributed by atoms with Gasteiger partial charge in [-0.25, -0.2) is 17.9 Å². The molecule has 176 valence electrons. The molecule has 3 aromatic rings. The van der Waals surface area contributed by atoms with E-state index < -0.39 is 27.8 Å². The molecule has 1 saturated heterocycles. The van der Waals surface area contributed by atoms with E-state index in [2.05, 4.69) is 14.9 Å². The van der Waals surface area contributed by atoms with Gasteiger partial charge < -0.3 is 14.2 Å². The maximum Gasteiger partial charge on any atom is 0.342 e. The molecule has 0 aromatic carbocycles. The van der Waals surface area contributed by atoms with E-state index in [0.717, 1.165) is 11.3 Å². The first-order chi connectivity index (χ1) is 16.2. The van der Waals surface area contributed by atoms with Crippen LogP contribution in [-0.4, -0.2) is 50.1 Å². The van der Waals surface area contributed by atoms with Crippen molar-refractivity contribution in [2.24, 2.45) is 5.92 Å². The number of ether oxygens (including phenoxy) is 1. The van der Waals surface area contributed by atoms with Gasteiger partial charge in [0.05, 0.1) is 34.3 Å². The first kappa shape index (κ1) is 23.4. The van der Waals surface area contributed by atoms with E-state index in [1.54, 1.807) is 30.9 Å². The SMILES string of the molecule is CCOC(=O)c1c(C)ncc(C#N)c1N1CC(C(=O)NS(=O)(=O)c2ccc(-c3ccon3)s2)C1. The number of rotatable bonds is 7. The fourth-order valence-corrected chi connectivity index (χ4v) is 5.80. The number of hydrogen-bond donors (Lipinski definition) is 1. The Bertz CT molecular complexity index is 1390. The van der Waals surface area contributed by atoms with E-state index in [9.17, 15) is 23.3 Å². The van der Waals surface area contributed by atoms with Crippen molar-refractivity contribution in [2.75, 3.05) is 24.6 Å². The third kappa shape index (κ3) is 4.37. The largest absolute Gasteiger partial charge is 0.462 e. The highest BCUT2D eigenvalue weighted by atomic mass is 32.2. The van der Waals surface area contributed by atoms with Gasteiger partial charge in [0, 0.05) is 25.4 Å². The van der Waals surface area contributed by atoms with Crippen molar-refractivity contribution >= 4 is 38.9 Å². The summed E-state index contributed by atoms with van der Waals surface area (Å²) in [5, 5.41) is 13.3. The van der Waals surface area contributed by atoms with Gasteiger partial charge in [-0.2, -0.15) is 5.26 Å². The van der Waals surface area contributed by atoms with Crippen LogP contribution in [0.3, 0.4) is 0 Å². The van der Waals surface area contributed by atoms with Gasteiger partial charge in [-0.3, -0.25) is 9.78 Å². The fourth-order valence-electron chi connectivity index (χ4n) is 3.49. The highest BCUT2D eigenvalue weighted by Gasteiger charge is 2.38. The summed E-state index contributed by atoms with van der Waals surface area (Å²) >= 11 is 0.961. The molecule has 1 aliphatic heterocycles. The van der Waals surface area contributed by atoms with Gasteiger partial charge in [0.2, 0.25) is 5.91 Å². The number of aryl methyl sites for hydroxylation is 1. The van der Waals surface area contributed by atoms with E-state index in [4.69, 9.17) is 9.26 Å². The van der Waals surface area contributed by atoms with Crippen LogP contribution in [0.2, 0.25) is 0 Å². The second-order valence-corrected chi connectivity index (χ2v) is 10.4. The maximum absolute atomic E-state index is 12.7. The topological polar surface area (TPSA) is 155 Å². The lowest BCUT2D eigenvalue weighted by molar-refractivity contribution is -0.123. The van der Waals surface area contributed by atoms with E-state index in [-0.39, 0.29) is 35.0 Å². The normalized spacial score (nSPS) is 13.7. The Kier molecular flexibility index (Phi) is 6.36. The molecule has 1 amide bonds. The zero-order valence-electron chi connectivity index (χ0n) is 18.1. The van der Waals surface area contributed by atoms with Gasteiger partial charge in [0.1, 0.15) is 27.8 Å². The molecular weight excluding hydrogens is 482 g/mol. The highest BCUT2D eigenvalue weighted by molar-refractivity contribution is 7.92. The van der Waals surface area contributed by atoms with Crippen molar-refractivity contribution < 1.29 is 27.3 Å². The lowest BCUT2D eigenvalue weighted by Crippen LogP contribution is -2.55. The summed E-state index contributed by atoms with van der Waals surface area (Å²) in [6.45, 7) is 3.70. The van der Waals surface area contributed by atoms with Gasteiger partial charge in [-0.05, 0) is 26.0 Å². The quantitative estimate of drug-likeness (QED) is 0.476. The minimum Gasteiger partial charge on any atom is -0.462 e. The predicted molar refractivity (Wildman–Crippen MR) is 120 cm³/mol. The van der Waals surface area contributed by atoms with Gasteiger partial charge in [-0.1, -0.05) is 5.16 Å². The number of sulfonamides is 1. The number of nitriles is 1. The molecule has 0 aliphatic carbocycles. The molecule has 34 heavy (non-hydrogen) atoms. The Morgan fingerprint density at radius 2 is 2.12 bits per heavy atom. The number of esters is 1. The van der Waals surface area contributed by atoms with E-state index >= 15 is 0 Å². The first-order valence-electron chi connectivity index (χ1n) is 10.1. The summed E-state index contributed by atoms with van der Waals surface area (Å²) < 4.78 is 37.3. The zero-order valence-corrected chi connectivity index (χ0v) is 19.8. The van der Waals surface area contributed by atoms with Crippen LogP contribution in [0.4, 0.5) is 5.69 Å². The smallest absolute Gasteiger partial charge is 0.342 e. The third-order valence-corrected chi connectivity index (χ3v) is 8.13. The highest BCUT2D eigenvalue weighted by Crippen LogP contribution is 2.34. The maximum atomic E-state index is 12.7. The van der Waals surface area contributed by atoms with Gasteiger partial charge in [-0.15, -0.1) is 11.3 Å². The lowest BCUT2D eigenvalue weighted by atomic mass is 9.95. The van der Waals surface area contributed by atoms with E-state index in [1.165, 1.54) is 18.5 Å². The van der Waals surface area contributed by atoms with Crippen molar-refractivity contribution in [3.8, 4) is 16.6 Å². The number of aromatic nitrogens is 2. The van der Waals surface area contributed by atoms with Crippen LogP contribution in [0, 0.1) is 24.2 Å². The standard InChI is InChI=1S/C21H19N5O6S2/c1-3-31-21(28)18-12(2)23-9-13(8-22)19(18)26-10-14(11-26)20(27)25-34(29,30)17-5-4-16(33-17)15-6-7-32-24-15/h4-7,9,14H,3,10-11H2,1-2H3,(H,25,27). The number of amides is 1. The number of carbonyl (C=O) groups is 2. The monoisotopic (exact) mass is 501 g/mol. The number of carbonyl (C=O) groups excluding carboxylic acids is 2. The molecule has 4 rings (SSSR count). The number of nitrogens with zero attached hydrogens (tertiary/aromatic N) is 4. The lowest BCUT2D eigenvalue weighted by Gasteiger charge is -2.41. The number of nitrogens with one attached hydrogen (secondary N) is 1. The number of anilines is 1. The minimum absolute atomic E-state index is 0.0313. The van der Waals surface area contributed by atoms with E-state index in [0.29, 0.717) is 22.0 Å². The molecule has 0 bridgehead atoms. The molecule has 1 N–H and O–H groups in total. The fraction of sp³-hybridized carbons (Fsp3) is 0.286. The molecular formula is C21H19N5O6S2. The summed E-state index contributed by atoms with van der Waals surface area (Å²) in [4.78, 5) is 31.5. The van der Waals surface area contributed by atoms with Crippen molar-refractivity contribution in [2.45, 2.75) is 18.1 Å². The van der Waals surface area contributed by atoms with Crippen molar-refractivity contribution in [3.05, 3.63) is 47.5 Å². The van der Waals surface area contributed by atoms with Gasteiger partial charge >= 0.3 is 5.97 Å². The molecule has 0 radical (unpaired) electrons. The Morgan fingerprint density at radius 1 is 1.35 bits per heavy atom. The first-order valence-corrected chi connectivity index (χ1v) is 12.4. The van der Waals surface area contributed by atoms with E-state index in [1.807, 2.05) is 6.07 Å². The Hall–Kier alpha value is -3.76. The van der Waals surface area contributed by atoms with Gasteiger partial charge in [0.25, 0.3) is 10.0 Å². The molecule has 4 heterocycles. The van der Waals surface area contributed by atoms with Crippen LogP contribution >= 0.6 is 11.3 Å². The Labute approximate surface area is 199 Å². The average molecular weight is 502 g/mol. The third-order valence-electron chi connectivity index (χ3n) is 5.18. The molecule has 1 aliphatic rings. The molecule has 0 unspecified atom stereocenters. The summed E-state index contributed by atoms with van der Waals surface area (Å²) in [7, 11) is -4.08. The summed E-state index contributed by atoms with van der Waals surface area (Å²) in [6, 6.07) is 6.58. The summed E-state index contributed by atoms with van der Waals surface area (Å²) in [6.07, 6.45) is 2.73. The minimum atomic E-state index is -4.08. The molecule has 3 aromatic heterocycles. The molecule has 0 atom stereocenters. The van der Waals surface area contributed by atoms with Crippen LogP contribution in [-0.2, 0) is 19.6 Å². The Morgan fingerprint density at radius 3 is 2.76 bits per heavy atom.